The molecular formula is C11H17N3O. The maximum Gasteiger partial charge on any atom is 0.109 e. The fourth-order valence-electron chi connectivity index (χ4n) is 2.58. The molecule has 82 valence electrons. The summed E-state index contributed by atoms with van der Waals surface area (Å²) in [5, 5.41) is 13.1. The van der Waals surface area contributed by atoms with Crippen molar-refractivity contribution in [3.05, 3.63) is 17.7 Å². The van der Waals surface area contributed by atoms with Crippen molar-refractivity contribution in [3.63, 3.8) is 0 Å². The van der Waals surface area contributed by atoms with Crippen LogP contribution in [0.25, 0.3) is 0 Å². The molecule has 3 heterocycles. The minimum Gasteiger partial charge on any atom is -0.391 e. The highest BCUT2D eigenvalue weighted by molar-refractivity contribution is 5.13. The average molecular weight is 207 g/mol. The van der Waals surface area contributed by atoms with Crippen LogP contribution >= 0.6 is 0 Å². The van der Waals surface area contributed by atoms with E-state index in [1.165, 1.54) is 18.7 Å². The Morgan fingerprint density at radius 1 is 1.47 bits per heavy atom. The molecule has 1 aromatic heterocycles. The maximum atomic E-state index is 9.79. The van der Waals surface area contributed by atoms with Crippen LogP contribution in [0, 0.1) is 0 Å². The first-order valence-electron chi connectivity index (χ1n) is 5.82. The Kier molecular flexibility index (Phi) is 2.25. The van der Waals surface area contributed by atoms with Crippen molar-refractivity contribution >= 4 is 0 Å². The van der Waals surface area contributed by atoms with Crippen LogP contribution in [0.3, 0.4) is 0 Å². The fraction of sp³-hybridized carbons (Fsp3) is 0.727. The Balaban J connectivity index is 1.88. The summed E-state index contributed by atoms with van der Waals surface area (Å²) in [5.41, 5.74) is 1.02. The number of aliphatic hydroxyl groups excluding tert-OH is 1. The highest BCUT2D eigenvalue weighted by Gasteiger charge is 2.29. The molecule has 3 rings (SSSR count). The molecule has 2 atom stereocenters. The lowest BCUT2D eigenvalue weighted by atomic mass is 10.1. The number of hydrogen-bond donors (Lipinski definition) is 2. The van der Waals surface area contributed by atoms with E-state index in [4.69, 9.17) is 0 Å². The Morgan fingerprint density at radius 2 is 2.40 bits per heavy atom. The molecule has 1 fully saturated rings. The lowest BCUT2D eigenvalue weighted by molar-refractivity contribution is 0.158. The second-order valence-corrected chi connectivity index (χ2v) is 4.52. The number of aliphatic hydroxyl groups is 1. The van der Waals surface area contributed by atoms with Gasteiger partial charge in [0.05, 0.1) is 17.8 Å². The lowest BCUT2D eigenvalue weighted by Gasteiger charge is -2.12. The van der Waals surface area contributed by atoms with Gasteiger partial charge in [0, 0.05) is 19.2 Å². The van der Waals surface area contributed by atoms with Crippen molar-refractivity contribution in [1.82, 2.24) is 14.9 Å². The van der Waals surface area contributed by atoms with Gasteiger partial charge in [0.15, 0.2) is 0 Å². The summed E-state index contributed by atoms with van der Waals surface area (Å²) < 4.78 is 2.24. The number of rotatable bonds is 1. The Morgan fingerprint density at radius 3 is 3.13 bits per heavy atom. The summed E-state index contributed by atoms with van der Waals surface area (Å²) >= 11 is 0. The van der Waals surface area contributed by atoms with E-state index in [9.17, 15) is 5.11 Å². The maximum absolute atomic E-state index is 9.79. The monoisotopic (exact) mass is 207 g/mol. The Hall–Kier alpha value is -0.870. The van der Waals surface area contributed by atoms with E-state index in [1.807, 2.05) is 0 Å². The zero-order chi connectivity index (χ0) is 10.3. The second kappa shape index (κ2) is 3.61. The van der Waals surface area contributed by atoms with E-state index in [0.29, 0.717) is 0 Å². The van der Waals surface area contributed by atoms with Crippen LogP contribution in [0.5, 0.6) is 0 Å². The molecule has 1 saturated heterocycles. The third kappa shape index (κ3) is 1.58. The fourth-order valence-corrected chi connectivity index (χ4v) is 2.58. The van der Waals surface area contributed by atoms with Gasteiger partial charge in [-0.1, -0.05) is 0 Å². The Bertz CT molecular complexity index is 337. The van der Waals surface area contributed by atoms with Crippen LogP contribution in [0.4, 0.5) is 0 Å². The van der Waals surface area contributed by atoms with Gasteiger partial charge in [-0.15, -0.1) is 0 Å². The van der Waals surface area contributed by atoms with Crippen molar-refractivity contribution < 1.29 is 5.11 Å². The number of imidazole rings is 1. The van der Waals surface area contributed by atoms with Gasteiger partial charge >= 0.3 is 0 Å². The largest absolute Gasteiger partial charge is 0.391 e. The summed E-state index contributed by atoms with van der Waals surface area (Å²) in [7, 11) is 0. The third-order valence-corrected chi connectivity index (χ3v) is 3.43. The predicted molar refractivity (Wildman–Crippen MR) is 56.5 cm³/mol. The van der Waals surface area contributed by atoms with Gasteiger partial charge in [-0.3, -0.25) is 0 Å². The molecule has 2 N–H and O–H groups in total. The topological polar surface area (TPSA) is 50.1 Å². The molecule has 4 nitrogen and oxygen atoms in total. The molecule has 2 unspecified atom stereocenters. The molecule has 0 spiro atoms. The smallest absolute Gasteiger partial charge is 0.109 e. The van der Waals surface area contributed by atoms with Gasteiger partial charge < -0.3 is 15.0 Å². The van der Waals surface area contributed by atoms with Gasteiger partial charge in [-0.25, -0.2) is 4.98 Å². The van der Waals surface area contributed by atoms with Crippen LogP contribution in [-0.4, -0.2) is 27.3 Å². The highest BCUT2D eigenvalue weighted by Crippen LogP contribution is 2.25. The number of aromatic nitrogens is 2. The molecule has 0 amide bonds. The van der Waals surface area contributed by atoms with E-state index in [1.54, 1.807) is 0 Å². The first-order chi connectivity index (χ1) is 7.34. The standard InChI is InChI=1S/C11H17N3O/c15-9-4-5-12-11(9)8-7-14-6-2-1-3-10(14)13-8/h7,9,11-12,15H,1-6H2. The highest BCUT2D eigenvalue weighted by atomic mass is 16.3. The molecule has 1 aromatic rings. The van der Waals surface area contributed by atoms with Crippen LogP contribution in [-0.2, 0) is 13.0 Å². The average Bonchev–Trinajstić information content (AvgIpc) is 2.82. The third-order valence-electron chi connectivity index (χ3n) is 3.43. The number of hydrogen-bond acceptors (Lipinski definition) is 3. The van der Waals surface area contributed by atoms with Crippen molar-refractivity contribution in [3.8, 4) is 0 Å². The van der Waals surface area contributed by atoms with Gasteiger partial charge in [-0.05, 0) is 25.8 Å². The Labute approximate surface area is 89.3 Å². The van der Waals surface area contributed by atoms with Gasteiger partial charge in [-0.2, -0.15) is 0 Å². The van der Waals surface area contributed by atoms with E-state index >= 15 is 0 Å². The molecule has 0 saturated carbocycles. The normalized spacial score (nSPS) is 30.5. The summed E-state index contributed by atoms with van der Waals surface area (Å²) in [6, 6.07) is 0.0584. The van der Waals surface area contributed by atoms with Crippen molar-refractivity contribution in [2.24, 2.45) is 0 Å². The van der Waals surface area contributed by atoms with Gasteiger partial charge in [0.2, 0.25) is 0 Å². The van der Waals surface area contributed by atoms with E-state index in [2.05, 4.69) is 21.1 Å². The minimum atomic E-state index is -0.262. The second-order valence-electron chi connectivity index (χ2n) is 4.52. The first kappa shape index (κ1) is 9.36. The van der Waals surface area contributed by atoms with E-state index in [-0.39, 0.29) is 12.1 Å². The zero-order valence-electron chi connectivity index (χ0n) is 8.82. The van der Waals surface area contributed by atoms with Crippen molar-refractivity contribution in [2.75, 3.05) is 6.54 Å². The first-order valence-corrected chi connectivity index (χ1v) is 5.82. The van der Waals surface area contributed by atoms with Crippen LogP contribution < -0.4 is 5.32 Å². The molecular weight excluding hydrogens is 190 g/mol. The van der Waals surface area contributed by atoms with Gasteiger partial charge in [0.25, 0.3) is 0 Å². The zero-order valence-corrected chi connectivity index (χ0v) is 8.82. The molecule has 0 bridgehead atoms. The molecule has 0 aromatic carbocycles. The SMILES string of the molecule is OC1CCNC1c1cn2c(n1)CCCC2. The molecule has 2 aliphatic heterocycles. The van der Waals surface area contributed by atoms with Crippen LogP contribution in [0.2, 0.25) is 0 Å². The molecule has 4 heteroatoms. The van der Waals surface area contributed by atoms with E-state index in [0.717, 1.165) is 31.6 Å². The predicted octanol–water partition coefficient (Wildman–Crippen LogP) is 0.615. The number of fused-ring (bicyclic) bond motifs is 1. The summed E-state index contributed by atoms with van der Waals surface area (Å²) in [6.45, 7) is 1.99. The molecule has 0 aliphatic carbocycles. The molecule has 15 heavy (non-hydrogen) atoms. The van der Waals surface area contributed by atoms with Gasteiger partial charge in [0.1, 0.15) is 5.82 Å². The molecule has 2 aliphatic rings. The number of aryl methyl sites for hydroxylation is 2. The van der Waals surface area contributed by atoms with Crippen molar-refractivity contribution in [2.45, 2.75) is 44.4 Å². The van der Waals surface area contributed by atoms with E-state index < -0.39 is 0 Å². The quantitative estimate of drug-likeness (QED) is 0.709. The number of nitrogens with zero attached hydrogens (tertiary/aromatic N) is 2. The van der Waals surface area contributed by atoms with Crippen LogP contribution in [0.15, 0.2) is 6.20 Å². The lowest BCUT2D eigenvalue weighted by Crippen LogP contribution is -2.21. The minimum absolute atomic E-state index is 0.0584. The summed E-state index contributed by atoms with van der Waals surface area (Å²) in [6.07, 6.45) is 6.28. The van der Waals surface area contributed by atoms with Crippen LogP contribution in [0.1, 0.15) is 36.8 Å². The number of nitrogens with one attached hydrogen (secondary N) is 1. The summed E-state index contributed by atoms with van der Waals surface area (Å²) in [4.78, 5) is 4.62. The van der Waals surface area contributed by atoms with Crippen molar-refractivity contribution in [1.29, 1.82) is 0 Å². The summed E-state index contributed by atoms with van der Waals surface area (Å²) in [5.74, 6) is 1.19. The molecule has 0 radical (unpaired) electrons.